The molecule has 0 saturated carbocycles. The molecular weight excluding hydrogens is 263 g/mol. The van der Waals surface area contributed by atoms with Gasteiger partial charge in [0.1, 0.15) is 5.82 Å². The summed E-state index contributed by atoms with van der Waals surface area (Å²) >= 11 is 6.07. The molecule has 19 heavy (non-hydrogen) atoms. The van der Waals surface area contributed by atoms with E-state index in [1.165, 1.54) is 18.9 Å². The van der Waals surface area contributed by atoms with Crippen LogP contribution in [0.15, 0.2) is 18.2 Å². The Labute approximate surface area is 119 Å². The molecule has 1 aliphatic rings. The summed E-state index contributed by atoms with van der Waals surface area (Å²) in [6.07, 6.45) is 2.36. The molecule has 1 N–H and O–H groups in total. The second-order valence-corrected chi connectivity index (χ2v) is 5.63. The summed E-state index contributed by atoms with van der Waals surface area (Å²) in [7, 11) is 0. The third-order valence-electron chi connectivity index (χ3n) is 3.83. The predicted octanol–water partition coefficient (Wildman–Crippen LogP) is 3.30. The third-order valence-corrected chi connectivity index (χ3v) is 4.19. The smallest absolute Gasteiger partial charge is 0.129 e. The van der Waals surface area contributed by atoms with Crippen LogP contribution in [0.25, 0.3) is 0 Å². The van der Waals surface area contributed by atoms with Crippen LogP contribution in [0.2, 0.25) is 5.02 Å². The maximum Gasteiger partial charge on any atom is 0.129 e. The van der Waals surface area contributed by atoms with Crippen molar-refractivity contribution in [2.24, 2.45) is 5.92 Å². The highest BCUT2D eigenvalue weighted by Crippen LogP contribution is 2.24. The van der Waals surface area contributed by atoms with Crippen molar-refractivity contribution < 1.29 is 4.39 Å². The maximum atomic E-state index is 13.7. The van der Waals surface area contributed by atoms with Crippen LogP contribution in [-0.4, -0.2) is 31.1 Å². The molecule has 1 heterocycles. The molecule has 2 rings (SSSR count). The number of hydrogen-bond acceptors (Lipinski definition) is 2. The second kappa shape index (κ2) is 7.22. The molecule has 1 aromatic carbocycles. The molecule has 106 valence electrons. The lowest BCUT2D eigenvalue weighted by molar-refractivity contribution is 0.174. The van der Waals surface area contributed by atoms with Crippen LogP contribution >= 0.6 is 11.6 Å². The fourth-order valence-corrected chi connectivity index (χ4v) is 2.83. The Morgan fingerprint density at radius 3 is 2.74 bits per heavy atom. The average Bonchev–Trinajstić information content (AvgIpc) is 2.42. The first kappa shape index (κ1) is 14.8. The van der Waals surface area contributed by atoms with Gasteiger partial charge >= 0.3 is 0 Å². The number of nitrogens with one attached hydrogen (secondary N) is 1. The summed E-state index contributed by atoms with van der Waals surface area (Å²) < 4.78 is 13.7. The van der Waals surface area contributed by atoms with Crippen molar-refractivity contribution in [1.82, 2.24) is 10.2 Å². The van der Waals surface area contributed by atoms with Gasteiger partial charge in [-0.1, -0.05) is 24.6 Å². The van der Waals surface area contributed by atoms with E-state index in [1.54, 1.807) is 12.1 Å². The summed E-state index contributed by atoms with van der Waals surface area (Å²) in [4.78, 5) is 2.30. The average molecular weight is 285 g/mol. The van der Waals surface area contributed by atoms with Crippen molar-refractivity contribution in [3.63, 3.8) is 0 Å². The van der Waals surface area contributed by atoms with Gasteiger partial charge in [-0.05, 0) is 57.1 Å². The Bertz CT molecular complexity index is 383. The summed E-state index contributed by atoms with van der Waals surface area (Å²) in [5.74, 6) is 0.564. The Kier molecular flexibility index (Phi) is 5.61. The van der Waals surface area contributed by atoms with Crippen LogP contribution in [0, 0.1) is 11.7 Å². The number of halogens is 2. The topological polar surface area (TPSA) is 15.3 Å². The summed E-state index contributed by atoms with van der Waals surface area (Å²) in [5.41, 5.74) is 0.634. The van der Waals surface area contributed by atoms with E-state index in [1.807, 2.05) is 0 Å². The van der Waals surface area contributed by atoms with Gasteiger partial charge in [0.2, 0.25) is 0 Å². The highest BCUT2D eigenvalue weighted by molar-refractivity contribution is 6.31. The van der Waals surface area contributed by atoms with Crippen LogP contribution in [0.1, 0.15) is 25.3 Å². The molecule has 0 atom stereocenters. The molecule has 0 radical (unpaired) electrons. The zero-order valence-electron chi connectivity index (χ0n) is 11.5. The van der Waals surface area contributed by atoms with Gasteiger partial charge in [0, 0.05) is 17.1 Å². The predicted molar refractivity (Wildman–Crippen MR) is 78.0 cm³/mol. The van der Waals surface area contributed by atoms with Gasteiger partial charge in [0.25, 0.3) is 0 Å². The molecule has 4 heteroatoms. The van der Waals surface area contributed by atoms with Crippen molar-refractivity contribution in [1.29, 1.82) is 0 Å². The quantitative estimate of drug-likeness (QED) is 0.892. The highest BCUT2D eigenvalue weighted by atomic mass is 35.5. The number of hydrogen-bond donors (Lipinski definition) is 1. The molecule has 1 aliphatic heterocycles. The minimum Gasteiger partial charge on any atom is -0.317 e. The second-order valence-electron chi connectivity index (χ2n) is 5.23. The van der Waals surface area contributed by atoms with Gasteiger partial charge in [0.05, 0.1) is 0 Å². The van der Waals surface area contributed by atoms with Gasteiger partial charge < -0.3 is 5.32 Å². The molecule has 0 unspecified atom stereocenters. The normalized spacial score (nSPS) is 17.8. The fraction of sp³-hybridized carbons (Fsp3) is 0.600. The molecule has 0 aromatic heterocycles. The molecule has 1 fully saturated rings. The molecule has 0 aliphatic carbocycles. The fourth-order valence-electron chi connectivity index (χ4n) is 2.60. The van der Waals surface area contributed by atoms with Crippen LogP contribution in [0.5, 0.6) is 0 Å². The van der Waals surface area contributed by atoms with E-state index in [9.17, 15) is 4.39 Å². The number of rotatable bonds is 5. The van der Waals surface area contributed by atoms with Crippen molar-refractivity contribution in [3.8, 4) is 0 Å². The molecule has 1 saturated heterocycles. The lowest BCUT2D eigenvalue weighted by Crippen LogP contribution is -2.37. The first-order valence-corrected chi connectivity index (χ1v) is 7.44. The van der Waals surface area contributed by atoms with E-state index in [2.05, 4.69) is 17.1 Å². The Balaban J connectivity index is 1.85. The number of benzene rings is 1. The summed E-state index contributed by atoms with van der Waals surface area (Å²) in [5, 5.41) is 3.94. The molecule has 0 bridgehead atoms. The zero-order chi connectivity index (χ0) is 13.7. The van der Waals surface area contributed by atoms with Crippen molar-refractivity contribution in [3.05, 3.63) is 34.6 Å². The Morgan fingerprint density at radius 2 is 2.11 bits per heavy atom. The number of likely N-dealkylation sites (tertiary alicyclic amines) is 1. The Hall–Kier alpha value is -0.640. The van der Waals surface area contributed by atoms with E-state index in [4.69, 9.17) is 11.6 Å². The van der Waals surface area contributed by atoms with Crippen LogP contribution in [0.4, 0.5) is 4.39 Å². The van der Waals surface area contributed by atoms with E-state index in [0.717, 1.165) is 32.1 Å². The highest BCUT2D eigenvalue weighted by Gasteiger charge is 2.20. The van der Waals surface area contributed by atoms with Gasteiger partial charge in [-0.3, -0.25) is 4.90 Å². The van der Waals surface area contributed by atoms with E-state index >= 15 is 0 Å². The molecule has 0 amide bonds. The van der Waals surface area contributed by atoms with Gasteiger partial charge in [-0.2, -0.15) is 0 Å². The molecule has 2 nitrogen and oxygen atoms in total. The summed E-state index contributed by atoms with van der Waals surface area (Å²) in [6, 6.07) is 4.90. The van der Waals surface area contributed by atoms with Crippen molar-refractivity contribution in [2.45, 2.75) is 26.3 Å². The molecular formula is C15H22ClFN2. The van der Waals surface area contributed by atoms with Crippen LogP contribution in [-0.2, 0) is 6.54 Å². The van der Waals surface area contributed by atoms with Crippen LogP contribution in [0.3, 0.4) is 0 Å². The first-order valence-electron chi connectivity index (χ1n) is 7.06. The minimum atomic E-state index is -0.192. The summed E-state index contributed by atoms with van der Waals surface area (Å²) in [6.45, 7) is 6.95. The molecule has 1 aromatic rings. The lowest BCUT2D eigenvalue weighted by atomic mass is 9.96. The maximum absolute atomic E-state index is 13.7. The number of piperidine rings is 1. The van der Waals surface area contributed by atoms with Crippen LogP contribution < -0.4 is 5.32 Å². The zero-order valence-corrected chi connectivity index (χ0v) is 12.2. The lowest BCUT2D eigenvalue weighted by Gasteiger charge is -2.32. The van der Waals surface area contributed by atoms with E-state index in [0.29, 0.717) is 17.1 Å². The van der Waals surface area contributed by atoms with Gasteiger partial charge in [0.15, 0.2) is 0 Å². The monoisotopic (exact) mass is 284 g/mol. The third kappa shape index (κ3) is 4.16. The SMILES string of the molecule is CCNCC1CCN(Cc2c(F)cccc2Cl)CC1. The standard InChI is InChI=1S/C15H22ClFN2/c1-2-18-10-12-6-8-19(9-7-12)11-13-14(16)4-3-5-15(13)17/h3-5,12,18H,2,6-11H2,1H3. The Morgan fingerprint density at radius 1 is 1.37 bits per heavy atom. The van der Waals surface area contributed by atoms with Crippen molar-refractivity contribution in [2.75, 3.05) is 26.2 Å². The van der Waals surface area contributed by atoms with E-state index < -0.39 is 0 Å². The van der Waals surface area contributed by atoms with Gasteiger partial charge in [-0.15, -0.1) is 0 Å². The van der Waals surface area contributed by atoms with Crippen molar-refractivity contribution >= 4 is 11.6 Å². The number of nitrogens with zero attached hydrogens (tertiary/aromatic N) is 1. The minimum absolute atomic E-state index is 0.192. The van der Waals surface area contributed by atoms with E-state index in [-0.39, 0.29) is 5.82 Å². The van der Waals surface area contributed by atoms with Gasteiger partial charge in [-0.25, -0.2) is 4.39 Å². The molecule has 0 spiro atoms. The largest absolute Gasteiger partial charge is 0.317 e. The first-order chi connectivity index (χ1) is 9.20.